The zero-order chi connectivity index (χ0) is 18.9. The van der Waals surface area contributed by atoms with Gasteiger partial charge >= 0.3 is 0 Å². The van der Waals surface area contributed by atoms with Crippen molar-refractivity contribution in [1.29, 1.82) is 0 Å². The third-order valence-electron chi connectivity index (χ3n) is 5.32. The summed E-state index contributed by atoms with van der Waals surface area (Å²) in [4.78, 5) is 8.39. The van der Waals surface area contributed by atoms with Gasteiger partial charge in [0.1, 0.15) is 0 Å². The topological polar surface area (TPSA) is 39.7 Å². The average molecular weight is 385 g/mol. The zero-order valence-electron chi connectivity index (χ0n) is 16.5. The lowest BCUT2D eigenvalue weighted by atomic mass is 10.1. The van der Waals surface area contributed by atoms with Crippen LogP contribution in [-0.2, 0) is 6.42 Å². The second-order valence-electron chi connectivity index (χ2n) is 7.44. The Labute approximate surface area is 167 Å². The van der Waals surface area contributed by atoms with Crippen LogP contribution < -0.4 is 10.6 Å². The van der Waals surface area contributed by atoms with E-state index in [1.165, 1.54) is 30.0 Å². The van der Waals surface area contributed by atoms with Gasteiger partial charge in [-0.3, -0.25) is 4.99 Å². The van der Waals surface area contributed by atoms with Crippen molar-refractivity contribution in [2.75, 3.05) is 39.8 Å². The quantitative estimate of drug-likeness (QED) is 0.540. The van der Waals surface area contributed by atoms with Crippen LogP contribution in [0.2, 0.25) is 0 Å². The third-order valence-corrected chi connectivity index (χ3v) is 6.42. The largest absolute Gasteiger partial charge is 0.356 e. The Morgan fingerprint density at radius 1 is 1.22 bits per heavy atom. The maximum atomic E-state index is 4.38. The summed E-state index contributed by atoms with van der Waals surface area (Å²) in [6.07, 6.45) is 2.41. The molecule has 0 amide bonds. The van der Waals surface area contributed by atoms with Crippen LogP contribution in [-0.4, -0.2) is 50.6 Å². The first kappa shape index (κ1) is 19.9. The molecule has 2 N–H and O–H groups in total. The van der Waals surface area contributed by atoms with Crippen LogP contribution in [0.1, 0.15) is 29.7 Å². The van der Waals surface area contributed by atoms with Crippen molar-refractivity contribution >= 4 is 17.3 Å². The van der Waals surface area contributed by atoms with Gasteiger partial charge in [-0.15, -0.1) is 11.3 Å². The number of thiophene rings is 1. The normalized spacial score (nSPS) is 19.2. The standard InChI is InChI=1S/C22H32N4S/c1-18(21-9-6-14-27-21)15-24-22(23-2)25-16-20-11-13-26(17-20)12-10-19-7-4-3-5-8-19/h3-9,14,18,20H,10-13,15-17H2,1-2H3,(H2,23,24,25). The number of benzene rings is 1. The van der Waals surface area contributed by atoms with Crippen molar-refractivity contribution < 1.29 is 0 Å². The smallest absolute Gasteiger partial charge is 0.191 e. The molecule has 2 aromatic rings. The van der Waals surface area contributed by atoms with E-state index in [4.69, 9.17) is 0 Å². The molecule has 1 fully saturated rings. The molecule has 1 aromatic carbocycles. The molecule has 1 aliphatic heterocycles. The molecule has 3 rings (SSSR count). The Bertz CT molecular complexity index is 684. The van der Waals surface area contributed by atoms with Gasteiger partial charge in [-0.2, -0.15) is 0 Å². The van der Waals surface area contributed by atoms with E-state index in [0.29, 0.717) is 11.8 Å². The molecule has 4 nitrogen and oxygen atoms in total. The van der Waals surface area contributed by atoms with E-state index in [1.54, 1.807) is 0 Å². The minimum Gasteiger partial charge on any atom is -0.356 e. The first-order valence-electron chi connectivity index (χ1n) is 9.99. The summed E-state index contributed by atoms with van der Waals surface area (Å²) in [6.45, 7) is 7.71. The molecule has 0 saturated carbocycles. The maximum absolute atomic E-state index is 4.38. The van der Waals surface area contributed by atoms with Crippen LogP contribution in [0, 0.1) is 5.92 Å². The highest BCUT2D eigenvalue weighted by Crippen LogP contribution is 2.19. The lowest BCUT2D eigenvalue weighted by Gasteiger charge is -2.18. The van der Waals surface area contributed by atoms with E-state index >= 15 is 0 Å². The van der Waals surface area contributed by atoms with E-state index < -0.39 is 0 Å². The summed E-state index contributed by atoms with van der Waals surface area (Å²) in [5, 5.41) is 9.13. The molecule has 2 heterocycles. The number of hydrogen-bond donors (Lipinski definition) is 2. The van der Waals surface area contributed by atoms with Crippen molar-refractivity contribution in [2.45, 2.75) is 25.7 Å². The third kappa shape index (κ3) is 6.36. The molecule has 0 bridgehead atoms. The van der Waals surface area contributed by atoms with E-state index in [-0.39, 0.29) is 0 Å². The summed E-state index contributed by atoms with van der Waals surface area (Å²) in [6, 6.07) is 15.1. The fraction of sp³-hybridized carbons (Fsp3) is 0.500. The highest BCUT2D eigenvalue weighted by atomic mass is 32.1. The first-order chi connectivity index (χ1) is 13.2. The lowest BCUT2D eigenvalue weighted by molar-refractivity contribution is 0.328. The number of likely N-dealkylation sites (tertiary alicyclic amines) is 1. The second-order valence-corrected chi connectivity index (χ2v) is 8.42. The van der Waals surface area contributed by atoms with E-state index in [9.17, 15) is 0 Å². The molecule has 1 saturated heterocycles. The van der Waals surface area contributed by atoms with Gasteiger partial charge < -0.3 is 15.5 Å². The second kappa shape index (κ2) is 10.5. The number of aliphatic imine (C=N–C) groups is 1. The lowest BCUT2D eigenvalue weighted by Crippen LogP contribution is -2.41. The average Bonchev–Trinajstić information content (AvgIpc) is 3.39. The highest BCUT2D eigenvalue weighted by molar-refractivity contribution is 7.10. The molecule has 0 spiro atoms. The maximum Gasteiger partial charge on any atom is 0.191 e. The number of nitrogens with zero attached hydrogens (tertiary/aromatic N) is 2. The van der Waals surface area contributed by atoms with Crippen LogP contribution in [0.4, 0.5) is 0 Å². The van der Waals surface area contributed by atoms with Crippen molar-refractivity contribution in [3.63, 3.8) is 0 Å². The van der Waals surface area contributed by atoms with Gasteiger partial charge in [-0.05, 0) is 42.3 Å². The molecule has 146 valence electrons. The van der Waals surface area contributed by atoms with Gasteiger partial charge in [0, 0.05) is 44.0 Å². The van der Waals surface area contributed by atoms with Crippen molar-refractivity contribution in [3.05, 3.63) is 58.3 Å². The van der Waals surface area contributed by atoms with Gasteiger partial charge in [0.15, 0.2) is 5.96 Å². The number of hydrogen-bond acceptors (Lipinski definition) is 3. The molecule has 27 heavy (non-hydrogen) atoms. The molecular weight excluding hydrogens is 352 g/mol. The van der Waals surface area contributed by atoms with Gasteiger partial charge in [0.25, 0.3) is 0 Å². The van der Waals surface area contributed by atoms with Crippen LogP contribution in [0.5, 0.6) is 0 Å². The number of rotatable bonds is 8. The van der Waals surface area contributed by atoms with Gasteiger partial charge in [0.05, 0.1) is 0 Å². The summed E-state index contributed by atoms with van der Waals surface area (Å²) >= 11 is 1.82. The summed E-state index contributed by atoms with van der Waals surface area (Å²) in [7, 11) is 1.85. The van der Waals surface area contributed by atoms with Crippen molar-refractivity contribution in [3.8, 4) is 0 Å². The zero-order valence-corrected chi connectivity index (χ0v) is 17.3. The summed E-state index contributed by atoms with van der Waals surface area (Å²) in [5.41, 5.74) is 1.43. The van der Waals surface area contributed by atoms with Crippen LogP contribution in [0.25, 0.3) is 0 Å². The van der Waals surface area contributed by atoms with Crippen LogP contribution in [0.3, 0.4) is 0 Å². The molecule has 2 atom stereocenters. The fourth-order valence-electron chi connectivity index (χ4n) is 3.60. The van der Waals surface area contributed by atoms with Crippen LogP contribution >= 0.6 is 11.3 Å². The summed E-state index contributed by atoms with van der Waals surface area (Å²) < 4.78 is 0. The Morgan fingerprint density at radius 2 is 2.07 bits per heavy atom. The molecule has 2 unspecified atom stereocenters. The molecule has 5 heteroatoms. The first-order valence-corrected chi connectivity index (χ1v) is 10.9. The van der Waals surface area contributed by atoms with E-state index in [0.717, 1.165) is 32.0 Å². The predicted octanol–water partition coefficient (Wildman–Crippen LogP) is 3.58. The minimum absolute atomic E-state index is 0.503. The predicted molar refractivity (Wildman–Crippen MR) is 117 cm³/mol. The van der Waals surface area contributed by atoms with Gasteiger partial charge in [-0.25, -0.2) is 0 Å². The van der Waals surface area contributed by atoms with Crippen LogP contribution in [0.15, 0.2) is 52.8 Å². The fourth-order valence-corrected chi connectivity index (χ4v) is 4.39. The Morgan fingerprint density at radius 3 is 2.81 bits per heavy atom. The molecule has 1 aromatic heterocycles. The molecule has 1 aliphatic rings. The minimum atomic E-state index is 0.503. The molecule has 0 radical (unpaired) electrons. The Kier molecular flexibility index (Phi) is 7.72. The number of guanidine groups is 1. The highest BCUT2D eigenvalue weighted by Gasteiger charge is 2.22. The van der Waals surface area contributed by atoms with E-state index in [1.807, 2.05) is 18.4 Å². The Balaban J connectivity index is 1.34. The van der Waals surface area contributed by atoms with Crippen molar-refractivity contribution in [2.24, 2.45) is 10.9 Å². The molecular formula is C22H32N4S. The SMILES string of the molecule is CN=C(NCC1CCN(CCc2ccccc2)C1)NCC(C)c1cccs1. The summed E-state index contributed by atoms with van der Waals surface area (Å²) in [5.74, 6) is 2.12. The van der Waals surface area contributed by atoms with Gasteiger partial charge in [0.2, 0.25) is 0 Å². The van der Waals surface area contributed by atoms with Crippen molar-refractivity contribution in [1.82, 2.24) is 15.5 Å². The van der Waals surface area contributed by atoms with E-state index in [2.05, 4.69) is 75.3 Å². The number of nitrogens with one attached hydrogen (secondary N) is 2. The monoisotopic (exact) mass is 384 g/mol. The van der Waals surface area contributed by atoms with Gasteiger partial charge in [-0.1, -0.05) is 43.3 Å². The molecule has 0 aliphatic carbocycles. The Hall–Kier alpha value is -1.85.